The van der Waals surface area contributed by atoms with Gasteiger partial charge in [-0.15, -0.1) is 0 Å². The van der Waals surface area contributed by atoms with E-state index in [2.05, 4.69) is 11.9 Å². The summed E-state index contributed by atoms with van der Waals surface area (Å²) in [7, 11) is 0. The fourth-order valence-corrected chi connectivity index (χ4v) is 3.67. The summed E-state index contributed by atoms with van der Waals surface area (Å²) in [5, 5.41) is 10.4. The molecule has 0 spiro atoms. The van der Waals surface area contributed by atoms with Crippen molar-refractivity contribution in [2.45, 2.75) is 57.4 Å². The normalized spacial score (nSPS) is 20.1. The molecule has 100 valence electrons. The van der Waals surface area contributed by atoms with Crippen LogP contribution in [0.4, 0.5) is 0 Å². The summed E-state index contributed by atoms with van der Waals surface area (Å²) >= 11 is 0. The van der Waals surface area contributed by atoms with Crippen molar-refractivity contribution in [3.8, 4) is 5.75 Å². The fourth-order valence-electron chi connectivity index (χ4n) is 3.67. The van der Waals surface area contributed by atoms with E-state index in [4.69, 9.17) is 0 Å². The van der Waals surface area contributed by atoms with E-state index in [0.29, 0.717) is 5.75 Å². The molecule has 0 aliphatic heterocycles. The van der Waals surface area contributed by atoms with Gasteiger partial charge in [-0.25, -0.2) is 4.79 Å². The van der Waals surface area contributed by atoms with Crippen LogP contribution in [0.5, 0.6) is 5.75 Å². The summed E-state index contributed by atoms with van der Waals surface area (Å²) in [4.78, 5) is 14.8. The van der Waals surface area contributed by atoms with Gasteiger partial charge in [0.2, 0.25) is 6.08 Å². The lowest BCUT2D eigenvalue weighted by Crippen LogP contribution is -2.34. The minimum absolute atomic E-state index is 0.317. The fraction of sp³-hybridized carbons (Fsp3) is 0.562. The first kappa shape index (κ1) is 12.4. The molecule has 3 rings (SSSR count). The number of carbonyl (C=O) groups excluding carboxylic acids is 1. The summed E-state index contributed by atoms with van der Waals surface area (Å²) < 4.78 is 0. The van der Waals surface area contributed by atoms with Crippen LogP contribution in [0.15, 0.2) is 11.1 Å². The van der Waals surface area contributed by atoms with Crippen LogP contribution in [-0.2, 0) is 23.2 Å². The van der Waals surface area contributed by atoms with Gasteiger partial charge in [-0.2, -0.15) is 4.99 Å². The predicted molar refractivity (Wildman–Crippen MR) is 73.1 cm³/mol. The minimum Gasteiger partial charge on any atom is -0.508 e. The number of aryl methyl sites for hydroxylation is 1. The molecule has 0 unspecified atom stereocenters. The van der Waals surface area contributed by atoms with Crippen LogP contribution < -0.4 is 0 Å². The lowest BCUT2D eigenvalue weighted by Gasteiger charge is -2.40. The lowest BCUT2D eigenvalue weighted by atomic mass is 9.68. The number of phenolic OH excluding ortho intramolecular Hbond substituents is 1. The second kappa shape index (κ2) is 4.50. The highest BCUT2D eigenvalue weighted by atomic mass is 16.3. The first-order valence-electron chi connectivity index (χ1n) is 7.12. The van der Waals surface area contributed by atoms with Crippen molar-refractivity contribution in [1.82, 2.24) is 0 Å². The largest absolute Gasteiger partial charge is 0.508 e. The molecule has 19 heavy (non-hydrogen) atoms. The minimum atomic E-state index is -0.485. The zero-order valence-corrected chi connectivity index (χ0v) is 11.3. The van der Waals surface area contributed by atoms with Gasteiger partial charge in [-0.3, -0.25) is 0 Å². The number of rotatable bonds is 2. The van der Waals surface area contributed by atoms with Crippen molar-refractivity contribution in [2.24, 2.45) is 4.99 Å². The average molecular weight is 257 g/mol. The first-order valence-corrected chi connectivity index (χ1v) is 7.12. The quantitative estimate of drug-likeness (QED) is 0.653. The van der Waals surface area contributed by atoms with Gasteiger partial charge in [0.25, 0.3) is 0 Å². The highest BCUT2D eigenvalue weighted by Crippen LogP contribution is 2.51. The molecule has 3 nitrogen and oxygen atoms in total. The molecule has 0 radical (unpaired) electrons. The molecule has 0 aromatic heterocycles. The highest BCUT2D eigenvalue weighted by Gasteiger charge is 2.43. The third-order valence-electron chi connectivity index (χ3n) is 4.76. The Hall–Kier alpha value is -1.60. The maximum Gasteiger partial charge on any atom is 0.235 e. The van der Waals surface area contributed by atoms with Crippen molar-refractivity contribution in [1.29, 1.82) is 0 Å². The number of phenols is 1. The molecule has 0 amide bonds. The van der Waals surface area contributed by atoms with Crippen molar-refractivity contribution >= 4 is 6.08 Å². The maximum absolute atomic E-state index is 10.8. The van der Waals surface area contributed by atoms with Crippen LogP contribution >= 0.6 is 0 Å². The monoisotopic (exact) mass is 257 g/mol. The van der Waals surface area contributed by atoms with Gasteiger partial charge in [-0.1, -0.05) is 0 Å². The van der Waals surface area contributed by atoms with Crippen LogP contribution in [0.25, 0.3) is 0 Å². The Morgan fingerprint density at radius 2 is 1.89 bits per heavy atom. The summed E-state index contributed by atoms with van der Waals surface area (Å²) in [6.07, 6.45) is 8.93. The number of benzene rings is 1. The zero-order valence-electron chi connectivity index (χ0n) is 11.3. The number of nitrogens with zero attached hydrogens (tertiary/aromatic N) is 1. The van der Waals surface area contributed by atoms with Gasteiger partial charge in [0, 0.05) is 5.56 Å². The van der Waals surface area contributed by atoms with Crippen molar-refractivity contribution in [3.05, 3.63) is 28.3 Å². The Morgan fingerprint density at radius 1 is 1.21 bits per heavy atom. The van der Waals surface area contributed by atoms with Gasteiger partial charge in [-0.05, 0) is 74.6 Å². The maximum atomic E-state index is 10.8. The molecule has 3 heteroatoms. The smallest absolute Gasteiger partial charge is 0.235 e. The standard InChI is InChI=1S/C16H19NO2/c1-11-9-14(19)15(13-6-3-2-5-12(11)13)16(17-10-18)7-4-8-16/h9,19H,2-8H2,1H3. The van der Waals surface area contributed by atoms with E-state index < -0.39 is 5.54 Å². The van der Waals surface area contributed by atoms with Gasteiger partial charge >= 0.3 is 0 Å². The summed E-state index contributed by atoms with van der Waals surface area (Å²) in [5.41, 5.74) is 4.22. The molecule has 1 fully saturated rings. The van der Waals surface area contributed by atoms with E-state index in [-0.39, 0.29) is 0 Å². The molecule has 1 N–H and O–H groups in total. The molecule has 2 aliphatic carbocycles. The molecule has 0 saturated heterocycles. The predicted octanol–water partition coefficient (Wildman–Crippen LogP) is 3.29. The van der Waals surface area contributed by atoms with Crippen molar-refractivity contribution < 1.29 is 9.90 Å². The van der Waals surface area contributed by atoms with E-state index in [9.17, 15) is 9.90 Å². The zero-order chi connectivity index (χ0) is 13.5. The molecule has 0 bridgehead atoms. The van der Waals surface area contributed by atoms with Crippen LogP contribution in [0.2, 0.25) is 0 Å². The van der Waals surface area contributed by atoms with E-state index in [1.54, 1.807) is 6.08 Å². The Bertz CT molecular complexity index is 567. The number of aliphatic imine (C=N–C) groups is 1. The average Bonchev–Trinajstić information content (AvgIpc) is 2.35. The number of isocyanates is 1. The molecule has 1 aromatic carbocycles. The van der Waals surface area contributed by atoms with Crippen LogP contribution in [0, 0.1) is 6.92 Å². The third kappa shape index (κ3) is 1.81. The Morgan fingerprint density at radius 3 is 2.47 bits per heavy atom. The highest BCUT2D eigenvalue weighted by molar-refractivity contribution is 5.55. The molecule has 2 aliphatic rings. The topological polar surface area (TPSA) is 49.7 Å². The van der Waals surface area contributed by atoms with Crippen molar-refractivity contribution in [2.75, 3.05) is 0 Å². The van der Waals surface area contributed by atoms with Gasteiger partial charge in [0.05, 0.1) is 0 Å². The molecular weight excluding hydrogens is 238 g/mol. The van der Waals surface area contributed by atoms with Crippen LogP contribution in [0.3, 0.4) is 0 Å². The number of hydrogen-bond donors (Lipinski definition) is 1. The van der Waals surface area contributed by atoms with E-state index in [0.717, 1.165) is 44.1 Å². The van der Waals surface area contributed by atoms with Gasteiger partial charge in [0.15, 0.2) is 0 Å². The second-order valence-corrected chi connectivity index (χ2v) is 5.84. The van der Waals surface area contributed by atoms with Gasteiger partial charge in [0.1, 0.15) is 11.3 Å². The number of fused-ring (bicyclic) bond motifs is 1. The first-order chi connectivity index (χ1) is 9.18. The van der Waals surface area contributed by atoms with E-state index in [1.165, 1.54) is 23.1 Å². The van der Waals surface area contributed by atoms with E-state index in [1.807, 2.05) is 6.07 Å². The summed E-state index contributed by atoms with van der Waals surface area (Å²) in [6, 6.07) is 1.85. The van der Waals surface area contributed by atoms with Crippen LogP contribution in [-0.4, -0.2) is 11.2 Å². The lowest BCUT2D eigenvalue weighted by molar-refractivity contribution is 0.245. The number of hydrogen-bond acceptors (Lipinski definition) is 3. The Balaban J connectivity index is 2.23. The molecule has 0 heterocycles. The van der Waals surface area contributed by atoms with Crippen LogP contribution in [0.1, 0.15) is 54.4 Å². The van der Waals surface area contributed by atoms with Crippen molar-refractivity contribution in [3.63, 3.8) is 0 Å². The SMILES string of the molecule is Cc1cc(O)c(C2(N=C=O)CCC2)c2c1CCCC2. The Kier molecular flexibility index (Phi) is 2.94. The molecule has 1 aromatic rings. The van der Waals surface area contributed by atoms with E-state index >= 15 is 0 Å². The summed E-state index contributed by atoms with van der Waals surface area (Å²) in [5.74, 6) is 0.317. The molecule has 0 atom stereocenters. The second-order valence-electron chi connectivity index (χ2n) is 5.84. The molecular formula is C16H19NO2. The summed E-state index contributed by atoms with van der Waals surface area (Å²) in [6.45, 7) is 2.06. The molecule has 1 saturated carbocycles. The third-order valence-corrected chi connectivity index (χ3v) is 4.76. The Labute approximate surface area is 113 Å². The number of aromatic hydroxyl groups is 1. The van der Waals surface area contributed by atoms with Gasteiger partial charge < -0.3 is 5.11 Å².